The minimum Gasteiger partial charge on any atom is -0.506 e. The molecule has 1 N–H and O–H groups in total. The highest BCUT2D eigenvalue weighted by Crippen LogP contribution is 2.40. The first-order valence-corrected chi connectivity index (χ1v) is 8.92. The number of carbonyl (C=O) groups is 3. The number of alkyl halides is 1. The van der Waals surface area contributed by atoms with Crippen molar-refractivity contribution in [1.29, 1.82) is 0 Å². The fourth-order valence-corrected chi connectivity index (χ4v) is 2.39. The Morgan fingerprint density at radius 1 is 1.00 bits per heavy atom. The van der Waals surface area contributed by atoms with Crippen LogP contribution >= 0.6 is 23.2 Å². The topological polar surface area (TPSA) is 112 Å². The van der Waals surface area contributed by atoms with Gasteiger partial charge in [0.05, 0.1) is 12.1 Å². The van der Waals surface area contributed by atoms with E-state index in [0.717, 1.165) is 13.2 Å². The van der Waals surface area contributed by atoms with Gasteiger partial charge in [-0.2, -0.15) is 0 Å². The van der Waals surface area contributed by atoms with Crippen molar-refractivity contribution < 1.29 is 33.7 Å². The van der Waals surface area contributed by atoms with Crippen molar-refractivity contribution >= 4 is 41.1 Å². The van der Waals surface area contributed by atoms with Crippen LogP contribution in [0.25, 0.3) is 0 Å². The smallest absolute Gasteiger partial charge is 0.358 e. The van der Waals surface area contributed by atoms with Gasteiger partial charge >= 0.3 is 17.9 Å². The summed E-state index contributed by atoms with van der Waals surface area (Å²) in [6.45, 7) is 9.37. The van der Waals surface area contributed by atoms with Crippen LogP contribution in [0.15, 0.2) is 6.07 Å². The first-order valence-electron chi connectivity index (χ1n) is 8.17. The number of carbonyl (C=O) groups excluding carboxylic acids is 3. The van der Waals surface area contributed by atoms with Gasteiger partial charge in [-0.15, -0.1) is 0 Å². The van der Waals surface area contributed by atoms with Gasteiger partial charge in [-0.05, 0) is 41.5 Å². The third kappa shape index (κ3) is 5.48. The van der Waals surface area contributed by atoms with Crippen molar-refractivity contribution in [3.63, 3.8) is 0 Å². The van der Waals surface area contributed by atoms with Gasteiger partial charge in [0.2, 0.25) is 0 Å². The summed E-state index contributed by atoms with van der Waals surface area (Å²) in [6, 6.07) is 0.919. The molecular weight excluding hydrogens is 413 g/mol. The van der Waals surface area contributed by atoms with Gasteiger partial charge in [0, 0.05) is 6.07 Å². The Kier molecular flexibility index (Phi) is 6.96. The Labute approximate surface area is 173 Å². The fraction of sp³-hybridized carbons (Fsp3) is 0.556. The summed E-state index contributed by atoms with van der Waals surface area (Å²) in [6.07, 6.45) is 0. The van der Waals surface area contributed by atoms with Crippen molar-refractivity contribution in [3.05, 3.63) is 22.5 Å². The Balaban J connectivity index is 3.71. The molecule has 0 spiro atoms. The van der Waals surface area contributed by atoms with Crippen molar-refractivity contribution in [2.24, 2.45) is 0 Å². The van der Waals surface area contributed by atoms with E-state index >= 15 is 0 Å². The molecule has 0 saturated heterocycles. The maximum absolute atomic E-state index is 12.8. The number of hydrogen-bond donors (Lipinski definition) is 1. The van der Waals surface area contributed by atoms with E-state index in [1.54, 1.807) is 41.5 Å². The number of ether oxygens (including phenoxy) is 3. The Morgan fingerprint density at radius 2 is 1.43 bits per heavy atom. The summed E-state index contributed by atoms with van der Waals surface area (Å²) in [5.41, 5.74) is -3.16. The van der Waals surface area contributed by atoms with E-state index in [2.05, 4.69) is 9.72 Å². The molecule has 10 heteroatoms. The number of halogens is 2. The lowest BCUT2D eigenvalue weighted by molar-refractivity contribution is -0.172. The number of aromatic nitrogens is 1. The molecule has 0 radical (unpaired) electrons. The maximum Gasteiger partial charge on any atom is 0.358 e. The number of rotatable bonds is 4. The number of pyridine rings is 1. The SMILES string of the molecule is COC(=O)c1nc(C(Cl)(C(=O)OC(C)(C)C)C(=O)OC(C)(C)C)c(O)cc1Cl. The molecule has 1 aromatic heterocycles. The molecule has 0 saturated carbocycles. The molecule has 1 heterocycles. The quantitative estimate of drug-likeness (QED) is 0.331. The standard InChI is InChI=1S/C18H23Cl2NO7/c1-16(2,3)27-14(24)18(20,15(25)28-17(4,5)6)12-10(22)8-9(19)11(21-12)13(23)26-7/h8,22H,1-7H3. The van der Waals surface area contributed by atoms with E-state index in [0.29, 0.717) is 0 Å². The molecule has 1 rings (SSSR count). The predicted octanol–water partition coefficient (Wildman–Crippen LogP) is 3.34. The van der Waals surface area contributed by atoms with Crippen LogP contribution in [0.2, 0.25) is 5.02 Å². The van der Waals surface area contributed by atoms with E-state index < -0.39 is 51.1 Å². The van der Waals surface area contributed by atoms with Crippen LogP contribution in [0.3, 0.4) is 0 Å². The molecule has 0 amide bonds. The van der Waals surface area contributed by atoms with Gasteiger partial charge in [0.15, 0.2) is 5.69 Å². The zero-order valence-electron chi connectivity index (χ0n) is 16.7. The molecule has 0 fully saturated rings. The normalized spacial score (nSPS) is 12.3. The molecule has 28 heavy (non-hydrogen) atoms. The predicted molar refractivity (Wildman–Crippen MR) is 101 cm³/mol. The third-order valence-corrected chi connectivity index (χ3v) is 3.80. The summed E-state index contributed by atoms with van der Waals surface area (Å²) in [7, 11) is 1.09. The van der Waals surface area contributed by atoms with Gasteiger partial charge < -0.3 is 19.3 Å². The van der Waals surface area contributed by atoms with Crippen molar-refractivity contribution in [1.82, 2.24) is 4.98 Å². The van der Waals surface area contributed by atoms with Crippen LogP contribution in [0.4, 0.5) is 0 Å². The summed E-state index contributed by atoms with van der Waals surface area (Å²) < 4.78 is 15.0. The average Bonchev–Trinajstić information content (AvgIpc) is 2.50. The second-order valence-electron chi connectivity index (χ2n) is 7.84. The van der Waals surface area contributed by atoms with Crippen LogP contribution in [-0.4, -0.2) is 46.3 Å². The first-order chi connectivity index (χ1) is 12.5. The van der Waals surface area contributed by atoms with Gasteiger partial charge in [-0.1, -0.05) is 23.2 Å². The van der Waals surface area contributed by atoms with Crippen LogP contribution in [0.5, 0.6) is 5.75 Å². The molecule has 0 bridgehead atoms. The van der Waals surface area contributed by atoms with Crippen LogP contribution in [0, 0.1) is 0 Å². The molecule has 0 unspecified atom stereocenters. The molecule has 0 aliphatic rings. The second-order valence-corrected chi connectivity index (χ2v) is 8.81. The summed E-state index contributed by atoms with van der Waals surface area (Å²) in [5.74, 6) is -4.14. The average molecular weight is 436 g/mol. The van der Waals surface area contributed by atoms with Crippen molar-refractivity contribution in [3.8, 4) is 5.75 Å². The molecule has 8 nitrogen and oxygen atoms in total. The molecule has 0 aliphatic heterocycles. The van der Waals surface area contributed by atoms with Crippen molar-refractivity contribution in [2.75, 3.05) is 7.11 Å². The van der Waals surface area contributed by atoms with Gasteiger partial charge in [0.1, 0.15) is 22.6 Å². The number of aromatic hydroxyl groups is 1. The van der Waals surface area contributed by atoms with E-state index in [4.69, 9.17) is 32.7 Å². The number of nitrogens with zero attached hydrogens (tertiary/aromatic N) is 1. The Hall–Kier alpha value is -2.06. The first kappa shape index (κ1) is 24.0. The zero-order valence-corrected chi connectivity index (χ0v) is 18.2. The summed E-state index contributed by atoms with van der Waals surface area (Å²) >= 11 is 12.3. The lowest BCUT2D eigenvalue weighted by Crippen LogP contribution is -2.47. The third-order valence-electron chi connectivity index (χ3n) is 3.02. The van der Waals surface area contributed by atoms with E-state index in [-0.39, 0.29) is 5.02 Å². The van der Waals surface area contributed by atoms with E-state index in [9.17, 15) is 19.5 Å². The molecular formula is C18H23Cl2NO7. The summed E-state index contributed by atoms with van der Waals surface area (Å²) in [5, 5.41) is 10.0. The minimum absolute atomic E-state index is 0.263. The second kappa shape index (κ2) is 8.13. The highest BCUT2D eigenvalue weighted by Gasteiger charge is 2.55. The van der Waals surface area contributed by atoms with Gasteiger partial charge in [-0.3, -0.25) is 0 Å². The van der Waals surface area contributed by atoms with E-state index in [1.807, 2.05) is 0 Å². The lowest BCUT2D eigenvalue weighted by Gasteiger charge is -2.31. The lowest BCUT2D eigenvalue weighted by atomic mass is 10.0. The molecule has 0 aliphatic carbocycles. The van der Waals surface area contributed by atoms with Crippen LogP contribution < -0.4 is 0 Å². The fourth-order valence-electron chi connectivity index (χ4n) is 1.95. The molecule has 1 aromatic rings. The zero-order chi connectivity index (χ0) is 22.1. The minimum atomic E-state index is -2.70. The van der Waals surface area contributed by atoms with Gasteiger partial charge in [-0.25, -0.2) is 19.4 Å². The molecule has 0 aromatic carbocycles. The monoisotopic (exact) mass is 435 g/mol. The Bertz CT molecular complexity index is 766. The van der Waals surface area contributed by atoms with Crippen LogP contribution in [-0.2, 0) is 28.7 Å². The van der Waals surface area contributed by atoms with Gasteiger partial charge in [0.25, 0.3) is 4.87 Å². The maximum atomic E-state index is 12.8. The molecule has 156 valence electrons. The Morgan fingerprint density at radius 3 is 1.79 bits per heavy atom. The summed E-state index contributed by atoms with van der Waals surface area (Å²) in [4.78, 5) is 38.7. The number of esters is 3. The van der Waals surface area contributed by atoms with Crippen molar-refractivity contribution in [2.45, 2.75) is 57.6 Å². The largest absolute Gasteiger partial charge is 0.506 e. The highest BCUT2D eigenvalue weighted by molar-refractivity contribution is 6.44. The van der Waals surface area contributed by atoms with E-state index in [1.165, 1.54) is 0 Å². The highest BCUT2D eigenvalue weighted by atomic mass is 35.5. The number of hydrogen-bond acceptors (Lipinski definition) is 8. The molecule has 0 atom stereocenters. The number of methoxy groups -OCH3 is 1. The van der Waals surface area contributed by atoms with Crippen LogP contribution in [0.1, 0.15) is 57.7 Å².